The van der Waals surface area contributed by atoms with Gasteiger partial charge < -0.3 is 4.74 Å². The summed E-state index contributed by atoms with van der Waals surface area (Å²) < 4.78 is 6.35. The Morgan fingerprint density at radius 2 is 2.00 bits per heavy atom. The molecule has 0 spiro atoms. The average Bonchev–Trinajstić information content (AvgIpc) is 2.56. The highest BCUT2D eigenvalue weighted by Crippen LogP contribution is 2.31. The summed E-state index contributed by atoms with van der Waals surface area (Å²) in [5.41, 5.74) is 1.02. The van der Waals surface area contributed by atoms with Crippen LogP contribution in [0.25, 0.3) is 10.1 Å². The maximum Gasteiger partial charge on any atom is 0.348 e. The molecule has 2 aromatic rings. The lowest BCUT2D eigenvalue weighted by atomic mass is 10.1. The van der Waals surface area contributed by atoms with Crippen molar-refractivity contribution in [3.8, 4) is 0 Å². The number of fused-ring (bicyclic) bond motifs is 1. The van der Waals surface area contributed by atoms with E-state index in [2.05, 4.69) is 0 Å². The minimum absolute atomic E-state index is 0.0721. The number of ether oxygens (including phenoxy) is 1. The molecule has 0 amide bonds. The van der Waals surface area contributed by atoms with Crippen molar-refractivity contribution in [2.75, 3.05) is 0 Å². The summed E-state index contributed by atoms with van der Waals surface area (Å²) in [5, 5.41) is 1.14. The van der Waals surface area contributed by atoms with Gasteiger partial charge in [0, 0.05) is 4.70 Å². The van der Waals surface area contributed by atoms with Crippen LogP contribution in [0.4, 0.5) is 0 Å². The lowest BCUT2D eigenvalue weighted by Crippen LogP contribution is -2.10. The van der Waals surface area contributed by atoms with Crippen LogP contribution in [-0.2, 0) is 4.74 Å². The molecular formula is C13H14O2S. The third kappa shape index (κ3) is 1.95. The normalized spacial score (nSPS) is 11.0. The van der Waals surface area contributed by atoms with Gasteiger partial charge in [0.25, 0.3) is 0 Å². The standard InChI is InChI=1S/C13H14O2S/c1-8(2)15-13(14)12-9(3)10-6-4-5-7-11(10)16-12/h4-8H,1-3H3. The van der Waals surface area contributed by atoms with Crippen molar-refractivity contribution in [1.82, 2.24) is 0 Å². The highest BCUT2D eigenvalue weighted by atomic mass is 32.1. The van der Waals surface area contributed by atoms with Crippen LogP contribution in [0.15, 0.2) is 24.3 Å². The van der Waals surface area contributed by atoms with E-state index in [0.29, 0.717) is 0 Å². The first-order chi connectivity index (χ1) is 7.59. The molecule has 0 N–H and O–H groups in total. The zero-order chi connectivity index (χ0) is 11.7. The Balaban J connectivity index is 2.45. The molecule has 84 valence electrons. The average molecular weight is 234 g/mol. The van der Waals surface area contributed by atoms with Gasteiger partial charge in [-0.3, -0.25) is 0 Å². The van der Waals surface area contributed by atoms with Gasteiger partial charge in [0.2, 0.25) is 0 Å². The van der Waals surface area contributed by atoms with Crippen LogP contribution in [0.3, 0.4) is 0 Å². The Bertz CT molecular complexity index is 526. The number of aryl methyl sites for hydroxylation is 1. The molecule has 0 aliphatic heterocycles. The van der Waals surface area contributed by atoms with Crippen LogP contribution < -0.4 is 0 Å². The second-order valence-electron chi connectivity index (χ2n) is 4.01. The highest BCUT2D eigenvalue weighted by molar-refractivity contribution is 7.21. The summed E-state index contributed by atoms with van der Waals surface area (Å²) in [5.74, 6) is -0.214. The smallest absolute Gasteiger partial charge is 0.348 e. The second kappa shape index (κ2) is 4.26. The lowest BCUT2D eigenvalue weighted by Gasteiger charge is -2.06. The Morgan fingerprint density at radius 1 is 1.31 bits per heavy atom. The summed E-state index contributed by atoms with van der Waals surface area (Å²) in [7, 11) is 0. The number of carbonyl (C=O) groups is 1. The first-order valence-corrected chi connectivity index (χ1v) is 6.10. The van der Waals surface area contributed by atoms with E-state index in [4.69, 9.17) is 4.74 Å². The molecule has 0 atom stereocenters. The molecular weight excluding hydrogens is 220 g/mol. The van der Waals surface area contributed by atoms with E-state index >= 15 is 0 Å². The van der Waals surface area contributed by atoms with Gasteiger partial charge in [-0.05, 0) is 37.8 Å². The van der Waals surface area contributed by atoms with Crippen molar-refractivity contribution in [3.05, 3.63) is 34.7 Å². The van der Waals surface area contributed by atoms with Crippen molar-refractivity contribution in [2.24, 2.45) is 0 Å². The van der Waals surface area contributed by atoms with Crippen LogP contribution >= 0.6 is 11.3 Å². The molecule has 16 heavy (non-hydrogen) atoms. The van der Waals surface area contributed by atoms with Crippen molar-refractivity contribution >= 4 is 27.4 Å². The molecule has 0 unspecified atom stereocenters. The van der Waals surface area contributed by atoms with E-state index in [1.807, 2.05) is 45.0 Å². The fraction of sp³-hybridized carbons (Fsp3) is 0.308. The summed E-state index contributed by atoms with van der Waals surface area (Å²) in [6.07, 6.45) is -0.0721. The minimum atomic E-state index is -0.214. The van der Waals surface area contributed by atoms with E-state index in [1.165, 1.54) is 11.3 Å². The molecule has 2 nitrogen and oxygen atoms in total. The number of hydrogen-bond acceptors (Lipinski definition) is 3. The molecule has 1 aromatic heterocycles. The minimum Gasteiger partial charge on any atom is -0.459 e. The van der Waals surface area contributed by atoms with E-state index in [-0.39, 0.29) is 12.1 Å². The SMILES string of the molecule is Cc1c(C(=O)OC(C)C)sc2ccccc12. The Hall–Kier alpha value is -1.35. The molecule has 1 aromatic carbocycles. The van der Waals surface area contributed by atoms with Crippen LogP contribution in [0.5, 0.6) is 0 Å². The summed E-state index contributed by atoms with van der Waals surface area (Å²) in [4.78, 5) is 12.6. The maximum atomic E-state index is 11.8. The molecule has 0 aliphatic carbocycles. The second-order valence-corrected chi connectivity index (χ2v) is 5.06. The summed E-state index contributed by atoms with van der Waals surface area (Å²) in [6.45, 7) is 5.69. The third-order valence-corrected chi connectivity index (χ3v) is 3.62. The van der Waals surface area contributed by atoms with Gasteiger partial charge in [-0.15, -0.1) is 11.3 Å². The lowest BCUT2D eigenvalue weighted by molar-refractivity contribution is 0.0383. The Kier molecular flexibility index (Phi) is 2.97. The number of esters is 1. The largest absolute Gasteiger partial charge is 0.459 e. The molecule has 3 heteroatoms. The molecule has 0 saturated carbocycles. The van der Waals surface area contributed by atoms with Crippen molar-refractivity contribution in [3.63, 3.8) is 0 Å². The van der Waals surface area contributed by atoms with Crippen LogP contribution in [0.2, 0.25) is 0 Å². The number of carbonyl (C=O) groups excluding carboxylic acids is 1. The van der Waals surface area contributed by atoms with Crippen LogP contribution in [0.1, 0.15) is 29.1 Å². The maximum absolute atomic E-state index is 11.8. The topological polar surface area (TPSA) is 26.3 Å². The van der Waals surface area contributed by atoms with Crippen LogP contribution in [-0.4, -0.2) is 12.1 Å². The van der Waals surface area contributed by atoms with Crippen molar-refractivity contribution < 1.29 is 9.53 Å². The molecule has 0 aliphatic rings. The number of hydrogen-bond donors (Lipinski definition) is 0. The van der Waals surface area contributed by atoms with Gasteiger partial charge in [0.1, 0.15) is 4.88 Å². The van der Waals surface area contributed by atoms with E-state index in [9.17, 15) is 4.79 Å². The highest BCUT2D eigenvalue weighted by Gasteiger charge is 2.17. The zero-order valence-electron chi connectivity index (χ0n) is 9.61. The molecule has 0 fully saturated rings. The quantitative estimate of drug-likeness (QED) is 0.739. The van der Waals surface area contributed by atoms with Gasteiger partial charge in [-0.1, -0.05) is 18.2 Å². The predicted octanol–water partition coefficient (Wildman–Crippen LogP) is 3.77. The van der Waals surface area contributed by atoms with Crippen molar-refractivity contribution in [2.45, 2.75) is 26.9 Å². The van der Waals surface area contributed by atoms with Crippen molar-refractivity contribution in [1.29, 1.82) is 0 Å². The summed E-state index contributed by atoms with van der Waals surface area (Å²) >= 11 is 1.50. The number of benzene rings is 1. The Morgan fingerprint density at radius 3 is 2.62 bits per heavy atom. The predicted molar refractivity (Wildman–Crippen MR) is 67.1 cm³/mol. The summed E-state index contributed by atoms with van der Waals surface area (Å²) in [6, 6.07) is 8.03. The van der Waals surface area contributed by atoms with Gasteiger partial charge in [0.15, 0.2) is 0 Å². The molecule has 2 rings (SSSR count). The van der Waals surface area contributed by atoms with E-state index in [0.717, 1.165) is 20.5 Å². The number of rotatable bonds is 2. The molecule has 0 saturated heterocycles. The first-order valence-electron chi connectivity index (χ1n) is 5.28. The molecule has 1 heterocycles. The Labute approximate surface area is 98.9 Å². The monoisotopic (exact) mass is 234 g/mol. The zero-order valence-corrected chi connectivity index (χ0v) is 10.4. The third-order valence-electron chi connectivity index (χ3n) is 2.37. The van der Waals surface area contributed by atoms with Gasteiger partial charge >= 0.3 is 5.97 Å². The first kappa shape index (κ1) is 11.1. The van der Waals surface area contributed by atoms with E-state index < -0.39 is 0 Å². The fourth-order valence-corrected chi connectivity index (χ4v) is 2.73. The number of thiophene rings is 1. The van der Waals surface area contributed by atoms with E-state index in [1.54, 1.807) is 0 Å². The van der Waals surface area contributed by atoms with Gasteiger partial charge in [-0.2, -0.15) is 0 Å². The molecule has 0 bridgehead atoms. The van der Waals surface area contributed by atoms with Crippen LogP contribution in [0, 0.1) is 6.92 Å². The van der Waals surface area contributed by atoms with Gasteiger partial charge in [-0.25, -0.2) is 4.79 Å². The fourth-order valence-electron chi connectivity index (χ4n) is 1.64. The molecule has 0 radical (unpaired) electrons. The van der Waals surface area contributed by atoms with Gasteiger partial charge in [0.05, 0.1) is 6.10 Å².